The SMILES string of the molecule is CCn1c(=O)c(=O)[nH]c2cc(C(=O)NCCN3C(=O)SC(=Cc4ccc(Cl)cc4)C3=O)ccc21. The normalized spacial score (nSPS) is 14.9. The van der Waals surface area contributed by atoms with E-state index >= 15 is 0 Å². The predicted molar refractivity (Wildman–Crippen MR) is 131 cm³/mol. The second-order valence-corrected chi connectivity index (χ2v) is 8.81. The summed E-state index contributed by atoms with van der Waals surface area (Å²) in [5, 5.41) is 2.82. The van der Waals surface area contributed by atoms with Crippen LogP contribution in [0.1, 0.15) is 22.8 Å². The molecular weight excluding hydrogens is 480 g/mol. The number of rotatable bonds is 6. The highest BCUT2D eigenvalue weighted by Crippen LogP contribution is 2.32. The van der Waals surface area contributed by atoms with Gasteiger partial charge in [0.15, 0.2) is 0 Å². The van der Waals surface area contributed by atoms with Crippen molar-refractivity contribution in [2.75, 3.05) is 13.1 Å². The average Bonchev–Trinajstić information content (AvgIpc) is 3.08. The molecular formula is C23H19ClN4O5S. The fraction of sp³-hybridized carbons (Fsp3) is 0.174. The van der Waals surface area contributed by atoms with Gasteiger partial charge in [-0.3, -0.25) is 28.9 Å². The predicted octanol–water partition coefficient (Wildman–Crippen LogP) is 2.83. The number of aromatic nitrogens is 2. The molecule has 2 heterocycles. The van der Waals surface area contributed by atoms with Crippen molar-refractivity contribution in [1.29, 1.82) is 0 Å². The van der Waals surface area contributed by atoms with Crippen LogP contribution in [0.15, 0.2) is 57.0 Å². The number of nitrogens with zero attached hydrogens (tertiary/aromatic N) is 2. The number of imide groups is 1. The first-order chi connectivity index (χ1) is 16.3. The minimum Gasteiger partial charge on any atom is -0.350 e. The second-order valence-electron chi connectivity index (χ2n) is 7.38. The lowest BCUT2D eigenvalue weighted by atomic mass is 10.1. The number of halogens is 1. The molecule has 0 radical (unpaired) electrons. The zero-order chi connectivity index (χ0) is 24.4. The first-order valence-corrected chi connectivity index (χ1v) is 11.5. The van der Waals surface area contributed by atoms with E-state index in [-0.39, 0.29) is 18.7 Å². The molecule has 0 saturated carbocycles. The van der Waals surface area contributed by atoms with Crippen LogP contribution >= 0.6 is 23.4 Å². The lowest BCUT2D eigenvalue weighted by Crippen LogP contribution is -2.37. The van der Waals surface area contributed by atoms with Crippen LogP contribution in [-0.4, -0.2) is 44.6 Å². The molecule has 1 aromatic heterocycles. The maximum absolute atomic E-state index is 12.6. The lowest BCUT2D eigenvalue weighted by Gasteiger charge is -2.13. The quantitative estimate of drug-likeness (QED) is 0.398. The van der Waals surface area contributed by atoms with Crippen LogP contribution in [0.4, 0.5) is 4.79 Å². The number of H-pyrrole nitrogens is 1. The zero-order valence-corrected chi connectivity index (χ0v) is 19.5. The zero-order valence-electron chi connectivity index (χ0n) is 18.0. The Balaban J connectivity index is 1.42. The molecule has 11 heteroatoms. The van der Waals surface area contributed by atoms with Gasteiger partial charge < -0.3 is 14.9 Å². The molecule has 4 rings (SSSR count). The van der Waals surface area contributed by atoms with Gasteiger partial charge in [-0.05, 0) is 60.7 Å². The van der Waals surface area contributed by atoms with Gasteiger partial charge >= 0.3 is 11.1 Å². The maximum Gasteiger partial charge on any atom is 0.316 e. The van der Waals surface area contributed by atoms with E-state index in [4.69, 9.17) is 11.6 Å². The Bertz CT molecular complexity index is 1460. The van der Waals surface area contributed by atoms with Gasteiger partial charge in [-0.2, -0.15) is 0 Å². The van der Waals surface area contributed by atoms with Gasteiger partial charge in [-0.25, -0.2) is 0 Å². The van der Waals surface area contributed by atoms with Gasteiger partial charge in [0, 0.05) is 30.2 Å². The highest BCUT2D eigenvalue weighted by molar-refractivity contribution is 8.18. The van der Waals surface area contributed by atoms with Gasteiger partial charge in [0.2, 0.25) is 0 Å². The summed E-state index contributed by atoms with van der Waals surface area (Å²) in [5.41, 5.74) is 0.450. The summed E-state index contributed by atoms with van der Waals surface area (Å²) in [4.78, 5) is 65.1. The van der Waals surface area contributed by atoms with Crippen molar-refractivity contribution in [3.05, 3.63) is 84.2 Å². The minimum atomic E-state index is -0.766. The number of thioether (sulfide) groups is 1. The van der Waals surface area contributed by atoms with Crippen LogP contribution in [0, 0.1) is 0 Å². The van der Waals surface area contributed by atoms with Crippen LogP contribution in [0.3, 0.4) is 0 Å². The van der Waals surface area contributed by atoms with Gasteiger partial charge in [-0.1, -0.05) is 23.7 Å². The highest BCUT2D eigenvalue weighted by Gasteiger charge is 2.34. The third-order valence-corrected chi connectivity index (χ3v) is 6.38. The molecule has 2 aromatic carbocycles. The van der Waals surface area contributed by atoms with E-state index in [2.05, 4.69) is 10.3 Å². The number of aryl methyl sites for hydroxylation is 1. The Morgan fingerprint density at radius 1 is 1.12 bits per heavy atom. The third kappa shape index (κ3) is 4.68. The van der Waals surface area contributed by atoms with Gasteiger partial charge in [0.1, 0.15) is 0 Å². The first-order valence-electron chi connectivity index (χ1n) is 10.3. The van der Waals surface area contributed by atoms with Crippen molar-refractivity contribution in [2.24, 2.45) is 0 Å². The Kier molecular flexibility index (Phi) is 6.71. The molecule has 3 amide bonds. The summed E-state index contributed by atoms with van der Waals surface area (Å²) < 4.78 is 1.33. The maximum atomic E-state index is 12.6. The first kappa shape index (κ1) is 23.5. The summed E-state index contributed by atoms with van der Waals surface area (Å²) in [6.07, 6.45) is 1.62. The topological polar surface area (TPSA) is 121 Å². The van der Waals surface area contributed by atoms with E-state index in [0.29, 0.717) is 27.5 Å². The van der Waals surface area contributed by atoms with Gasteiger partial charge in [-0.15, -0.1) is 0 Å². The smallest absolute Gasteiger partial charge is 0.316 e. The lowest BCUT2D eigenvalue weighted by molar-refractivity contribution is -0.122. The summed E-state index contributed by atoms with van der Waals surface area (Å²) in [6.45, 7) is 2.12. The molecule has 3 aromatic rings. The molecule has 1 saturated heterocycles. The molecule has 9 nitrogen and oxygen atoms in total. The van der Waals surface area contributed by atoms with Crippen LogP contribution < -0.4 is 16.4 Å². The molecule has 0 unspecified atom stereocenters. The van der Waals surface area contributed by atoms with Crippen molar-refractivity contribution in [1.82, 2.24) is 19.8 Å². The summed E-state index contributed by atoms with van der Waals surface area (Å²) >= 11 is 6.70. The van der Waals surface area contributed by atoms with E-state index in [1.165, 1.54) is 16.7 Å². The van der Waals surface area contributed by atoms with Crippen LogP contribution in [-0.2, 0) is 11.3 Å². The Morgan fingerprint density at radius 3 is 2.56 bits per heavy atom. The van der Waals surface area contributed by atoms with Gasteiger partial charge in [0.25, 0.3) is 17.1 Å². The summed E-state index contributed by atoms with van der Waals surface area (Å²) in [5.74, 6) is -0.874. The number of carbonyl (C=O) groups is 3. The number of amides is 3. The largest absolute Gasteiger partial charge is 0.350 e. The molecule has 1 aliphatic heterocycles. The van der Waals surface area contributed by atoms with Crippen molar-refractivity contribution in [2.45, 2.75) is 13.5 Å². The number of aromatic amines is 1. The van der Waals surface area contributed by atoms with E-state index in [1.807, 2.05) is 0 Å². The Morgan fingerprint density at radius 2 is 1.85 bits per heavy atom. The molecule has 0 aliphatic carbocycles. The summed E-state index contributed by atoms with van der Waals surface area (Å²) in [7, 11) is 0. The standard InChI is InChI=1S/C23H19ClN4O5S/c1-2-27-17-8-5-14(12-16(17)26-20(30)22(27)32)19(29)25-9-10-28-21(31)18(34-23(28)33)11-13-3-6-15(24)7-4-13/h3-8,11-12H,2,9-10H2,1H3,(H,25,29)(H,26,30). The number of hydrogen-bond acceptors (Lipinski definition) is 6. The third-order valence-electron chi connectivity index (χ3n) is 5.22. The molecule has 0 bridgehead atoms. The molecule has 2 N–H and O–H groups in total. The van der Waals surface area contributed by atoms with Crippen LogP contribution in [0.25, 0.3) is 17.1 Å². The number of carbonyl (C=O) groups excluding carboxylic acids is 3. The van der Waals surface area contributed by atoms with Crippen LogP contribution in [0.2, 0.25) is 5.02 Å². The number of hydrogen-bond donors (Lipinski definition) is 2. The number of benzene rings is 2. The molecule has 1 fully saturated rings. The Labute approximate surface area is 202 Å². The molecule has 174 valence electrons. The van der Waals surface area contributed by atoms with E-state index in [1.54, 1.807) is 43.3 Å². The molecule has 34 heavy (non-hydrogen) atoms. The average molecular weight is 499 g/mol. The van der Waals surface area contributed by atoms with E-state index < -0.39 is 28.2 Å². The highest BCUT2D eigenvalue weighted by atomic mass is 35.5. The fourth-order valence-corrected chi connectivity index (χ4v) is 4.51. The fourth-order valence-electron chi connectivity index (χ4n) is 3.52. The Hall–Kier alpha value is -3.63. The van der Waals surface area contributed by atoms with Crippen molar-refractivity contribution in [3.8, 4) is 0 Å². The van der Waals surface area contributed by atoms with Crippen molar-refractivity contribution >= 4 is 57.5 Å². The van der Waals surface area contributed by atoms with Crippen LogP contribution in [0.5, 0.6) is 0 Å². The molecule has 0 atom stereocenters. The number of nitrogens with one attached hydrogen (secondary N) is 2. The molecule has 0 spiro atoms. The summed E-state index contributed by atoms with van der Waals surface area (Å²) in [6, 6.07) is 11.5. The minimum absolute atomic E-state index is 0.00809. The van der Waals surface area contributed by atoms with Crippen molar-refractivity contribution < 1.29 is 14.4 Å². The van der Waals surface area contributed by atoms with Crippen molar-refractivity contribution in [3.63, 3.8) is 0 Å². The van der Waals surface area contributed by atoms with Gasteiger partial charge in [0.05, 0.1) is 15.9 Å². The van der Waals surface area contributed by atoms with E-state index in [9.17, 15) is 24.0 Å². The number of fused-ring (bicyclic) bond motifs is 1. The molecule has 1 aliphatic rings. The second kappa shape index (κ2) is 9.70. The monoisotopic (exact) mass is 498 g/mol. The van der Waals surface area contributed by atoms with E-state index in [0.717, 1.165) is 22.2 Å².